The molecule has 0 spiro atoms. The minimum atomic E-state index is 1.05. The van der Waals surface area contributed by atoms with Gasteiger partial charge in [0.25, 0.3) is 0 Å². The van der Waals surface area contributed by atoms with Crippen LogP contribution in [0.15, 0.2) is 6.20 Å². The van der Waals surface area contributed by atoms with Crippen LogP contribution in [0.3, 0.4) is 0 Å². The van der Waals surface area contributed by atoms with Crippen molar-refractivity contribution in [2.24, 2.45) is 0 Å². The molecule has 1 heterocycles. The summed E-state index contributed by atoms with van der Waals surface area (Å²) < 4.78 is 2.34. The third kappa shape index (κ3) is 11.8. The molecule has 1 rings (SSSR count). The minimum absolute atomic E-state index is 1.05. The third-order valence-electron chi connectivity index (χ3n) is 5.64. The Labute approximate surface area is 164 Å². The maximum absolute atomic E-state index is 4.58. The van der Waals surface area contributed by atoms with Crippen LogP contribution in [-0.4, -0.2) is 9.55 Å². The summed E-state index contributed by atoms with van der Waals surface area (Å²) in [6, 6.07) is 0. The van der Waals surface area contributed by atoms with Gasteiger partial charge in [0.2, 0.25) is 0 Å². The molecule has 152 valence electrons. The molecular weight excluding hydrogens is 316 g/mol. The van der Waals surface area contributed by atoms with E-state index in [0.717, 1.165) is 13.0 Å². The summed E-state index contributed by atoms with van der Waals surface area (Å²) in [5.41, 5.74) is 1.24. The Balaban J connectivity index is 1.79. The first-order chi connectivity index (χ1) is 12.8. The minimum Gasteiger partial charge on any atom is -0.335 e. The van der Waals surface area contributed by atoms with Crippen molar-refractivity contribution in [1.82, 2.24) is 9.55 Å². The Bertz CT molecular complexity index is 422. The first-order valence-electron chi connectivity index (χ1n) is 11.8. The first-order valence-corrected chi connectivity index (χ1v) is 11.8. The van der Waals surface area contributed by atoms with Gasteiger partial charge in [-0.15, -0.1) is 0 Å². The second-order valence-electron chi connectivity index (χ2n) is 8.13. The summed E-state index contributed by atoms with van der Waals surface area (Å²) >= 11 is 0. The Morgan fingerprint density at radius 1 is 0.654 bits per heavy atom. The van der Waals surface area contributed by atoms with Crippen molar-refractivity contribution >= 4 is 0 Å². The Kier molecular flexibility index (Phi) is 14.7. The standard InChI is InChI=1S/C24H46N2/c1-4-6-7-8-9-10-11-12-13-14-15-16-17-18-19-20-21-26-22-24(5-2)25-23(26)3/h22H,4-21H2,1-3H3. The normalized spacial score (nSPS) is 11.3. The molecule has 0 unspecified atom stereocenters. The molecule has 1 aromatic heterocycles. The van der Waals surface area contributed by atoms with Gasteiger partial charge in [0.05, 0.1) is 5.69 Å². The van der Waals surface area contributed by atoms with Crippen LogP contribution in [0.1, 0.15) is 128 Å². The maximum atomic E-state index is 4.58. The smallest absolute Gasteiger partial charge is 0.105 e. The van der Waals surface area contributed by atoms with Crippen LogP contribution in [0.2, 0.25) is 0 Å². The lowest BCUT2D eigenvalue weighted by atomic mass is 10.0. The van der Waals surface area contributed by atoms with Gasteiger partial charge in [0, 0.05) is 12.7 Å². The monoisotopic (exact) mass is 362 g/mol. The zero-order valence-corrected chi connectivity index (χ0v) is 18.2. The summed E-state index contributed by atoms with van der Waals surface area (Å²) in [5.74, 6) is 1.18. The molecule has 0 aliphatic carbocycles. The highest BCUT2D eigenvalue weighted by Gasteiger charge is 2.01. The molecule has 0 amide bonds. The molecule has 0 aliphatic heterocycles. The zero-order chi connectivity index (χ0) is 18.9. The summed E-state index contributed by atoms with van der Waals surface area (Å²) in [5, 5.41) is 0. The van der Waals surface area contributed by atoms with E-state index < -0.39 is 0 Å². The Hall–Kier alpha value is -0.790. The van der Waals surface area contributed by atoms with Gasteiger partial charge < -0.3 is 4.57 Å². The molecule has 0 bridgehead atoms. The van der Waals surface area contributed by atoms with E-state index in [1.54, 1.807) is 0 Å². The van der Waals surface area contributed by atoms with Crippen LogP contribution in [0.4, 0.5) is 0 Å². The summed E-state index contributed by atoms with van der Waals surface area (Å²) in [7, 11) is 0. The molecular formula is C24H46N2. The van der Waals surface area contributed by atoms with E-state index >= 15 is 0 Å². The summed E-state index contributed by atoms with van der Waals surface area (Å²) in [6.45, 7) is 7.76. The van der Waals surface area contributed by atoms with Crippen molar-refractivity contribution in [3.63, 3.8) is 0 Å². The number of hydrogen-bond donors (Lipinski definition) is 0. The van der Waals surface area contributed by atoms with E-state index in [9.17, 15) is 0 Å². The van der Waals surface area contributed by atoms with Crippen molar-refractivity contribution in [2.75, 3.05) is 0 Å². The average Bonchev–Trinajstić information content (AvgIpc) is 3.01. The van der Waals surface area contributed by atoms with Crippen molar-refractivity contribution in [3.05, 3.63) is 17.7 Å². The van der Waals surface area contributed by atoms with Gasteiger partial charge in [-0.25, -0.2) is 4.98 Å². The van der Waals surface area contributed by atoms with E-state index in [2.05, 4.69) is 36.5 Å². The highest BCUT2D eigenvalue weighted by molar-refractivity contribution is 5.02. The number of aromatic nitrogens is 2. The quantitative estimate of drug-likeness (QED) is 0.242. The van der Waals surface area contributed by atoms with Crippen LogP contribution in [0.25, 0.3) is 0 Å². The van der Waals surface area contributed by atoms with Gasteiger partial charge in [-0.3, -0.25) is 0 Å². The Morgan fingerprint density at radius 3 is 1.46 bits per heavy atom. The number of aryl methyl sites for hydroxylation is 3. The molecule has 0 saturated heterocycles. The van der Waals surface area contributed by atoms with Gasteiger partial charge in [-0.2, -0.15) is 0 Å². The van der Waals surface area contributed by atoms with Gasteiger partial charge >= 0.3 is 0 Å². The van der Waals surface area contributed by atoms with E-state index in [1.807, 2.05) is 0 Å². The van der Waals surface area contributed by atoms with Crippen LogP contribution in [0, 0.1) is 6.92 Å². The van der Waals surface area contributed by atoms with Crippen molar-refractivity contribution in [2.45, 2.75) is 136 Å². The van der Waals surface area contributed by atoms with Crippen molar-refractivity contribution < 1.29 is 0 Å². The second-order valence-corrected chi connectivity index (χ2v) is 8.13. The predicted octanol–water partition coefficient (Wildman–Crippen LogP) is 8.02. The van der Waals surface area contributed by atoms with E-state index in [4.69, 9.17) is 0 Å². The molecule has 0 radical (unpaired) electrons. The van der Waals surface area contributed by atoms with Crippen LogP contribution in [-0.2, 0) is 13.0 Å². The van der Waals surface area contributed by atoms with Crippen LogP contribution in [0.5, 0.6) is 0 Å². The lowest BCUT2D eigenvalue weighted by molar-refractivity contribution is 0.519. The molecule has 1 aromatic rings. The molecule has 2 nitrogen and oxygen atoms in total. The van der Waals surface area contributed by atoms with Crippen molar-refractivity contribution in [1.29, 1.82) is 0 Å². The van der Waals surface area contributed by atoms with Gasteiger partial charge in [0.1, 0.15) is 5.82 Å². The largest absolute Gasteiger partial charge is 0.335 e. The lowest BCUT2D eigenvalue weighted by Gasteiger charge is -2.05. The van der Waals surface area contributed by atoms with E-state index in [0.29, 0.717) is 0 Å². The van der Waals surface area contributed by atoms with Gasteiger partial charge in [-0.1, -0.05) is 110 Å². The summed E-state index contributed by atoms with van der Waals surface area (Å²) in [6.07, 6.45) is 26.2. The fraction of sp³-hybridized carbons (Fsp3) is 0.875. The molecule has 0 fully saturated rings. The predicted molar refractivity (Wildman–Crippen MR) is 116 cm³/mol. The molecule has 0 aliphatic rings. The molecule has 0 N–H and O–H groups in total. The van der Waals surface area contributed by atoms with Gasteiger partial charge in [-0.05, 0) is 19.8 Å². The number of nitrogens with zero attached hydrogens (tertiary/aromatic N) is 2. The second kappa shape index (κ2) is 16.4. The first kappa shape index (κ1) is 23.2. The number of unbranched alkanes of at least 4 members (excludes halogenated alkanes) is 15. The summed E-state index contributed by atoms with van der Waals surface area (Å²) in [4.78, 5) is 4.58. The molecule has 2 heteroatoms. The SMILES string of the molecule is CCCCCCCCCCCCCCCCCCn1cc(CC)nc1C. The molecule has 0 aromatic carbocycles. The lowest BCUT2D eigenvalue weighted by Crippen LogP contribution is -1.98. The average molecular weight is 363 g/mol. The van der Waals surface area contributed by atoms with Gasteiger partial charge in [0.15, 0.2) is 0 Å². The van der Waals surface area contributed by atoms with Crippen LogP contribution >= 0.6 is 0 Å². The zero-order valence-electron chi connectivity index (χ0n) is 18.2. The number of imidazole rings is 1. The van der Waals surface area contributed by atoms with E-state index in [-0.39, 0.29) is 0 Å². The topological polar surface area (TPSA) is 17.8 Å². The van der Waals surface area contributed by atoms with E-state index in [1.165, 1.54) is 114 Å². The maximum Gasteiger partial charge on any atom is 0.105 e. The number of hydrogen-bond acceptors (Lipinski definition) is 1. The fourth-order valence-corrected chi connectivity index (χ4v) is 3.80. The highest BCUT2D eigenvalue weighted by Crippen LogP contribution is 2.14. The third-order valence-corrected chi connectivity index (χ3v) is 5.64. The highest BCUT2D eigenvalue weighted by atomic mass is 15.1. The number of rotatable bonds is 18. The molecule has 26 heavy (non-hydrogen) atoms. The fourth-order valence-electron chi connectivity index (χ4n) is 3.80. The van der Waals surface area contributed by atoms with Crippen LogP contribution < -0.4 is 0 Å². The van der Waals surface area contributed by atoms with Crippen molar-refractivity contribution in [3.8, 4) is 0 Å². The molecule has 0 saturated carbocycles. The Morgan fingerprint density at radius 2 is 1.08 bits per heavy atom. The molecule has 0 atom stereocenters.